The van der Waals surface area contributed by atoms with Crippen molar-refractivity contribution >= 4 is 11.0 Å². The average molecular weight is 203 g/mol. The maximum absolute atomic E-state index is 5.35. The molecule has 0 spiro atoms. The Kier molecular flexibility index (Phi) is 2.51. The summed E-state index contributed by atoms with van der Waals surface area (Å²) in [6.07, 6.45) is 0. The zero-order valence-corrected chi connectivity index (χ0v) is 9.74. The summed E-state index contributed by atoms with van der Waals surface area (Å²) in [4.78, 5) is 0. The topological polar surface area (TPSA) is 26.0 Å². The molecule has 2 rings (SSSR count). The highest BCUT2D eigenvalue weighted by molar-refractivity contribution is 5.80. The van der Waals surface area contributed by atoms with Crippen molar-refractivity contribution in [1.29, 1.82) is 0 Å². The second-order valence-electron chi connectivity index (χ2n) is 4.63. The highest BCUT2D eigenvalue weighted by Gasteiger charge is 2.12. The maximum Gasteiger partial charge on any atom is 0.167 e. The normalized spacial score (nSPS) is 11.9. The Morgan fingerprint density at radius 1 is 1.07 bits per heavy atom. The van der Waals surface area contributed by atoms with Gasteiger partial charge in [-0.25, -0.2) is 0 Å². The van der Waals surface area contributed by atoms with Crippen LogP contribution in [0.25, 0.3) is 11.0 Å². The van der Waals surface area contributed by atoms with Gasteiger partial charge in [-0.15, -0.1) is 0 Å². The molecule has 0 bridgehead atoms. The molecule has 0 aliphatic heterocycles. The fourth-order valence-corrected chi connectivity index (χ4v) is 1.75. The van der Waals surface area contributed by atoms with Gasteiger partial charge in [0, 0.05) is 5.39 Å². The molecule has 0 fully saturated rings. The minimum Gasteiger partial charge on any atom is -0.356 e. The number of hydrogen-bond acceptors (Lipinski definition) is 2. The molecule has 0 atom stereocenters. The number of aromatic nitrogens is 1. The van der Waals surface area contributed by atoms with Gasteiger partial charge in [-0.1, -0.05) is 38.9 Å². The largest absolute Gasteiger partial charge is 0.356 e. The third-order valence-electron chi connectivity index (χ3n) is 2.74. The van der Waals surface area contributed by atoms with Crippen LogP contribution in [-0.2, 0) is 0 Å². The molecule has 1 aromatic carbocycles. The van der Waals surface area contributed by atoms with Crippen molar-refractivity contribution < 1.29 is 4.52 Å². The smallest absolute Gasteiger partial charge is 0.167 e. The van der Waals surface area contributed by atoms with E-state index in [2.05, 4.69) is 51.1 Å². The molecule has 2 aromatic rings. The second-order valence-corrected chi connectivity index (χ2v) is 4.63. The van der Waals surface area contributed by atoms with Gasteiger partial charge in [0.05, 0.1) is 5.69 Å². The van der Waals surface area contributed by atoms with Gasteiger partial charge in [0.2, 0.25) is 0 Å². The average Bonchev–Trinajstić information content (AvgIpc) is 2.59. The Morgan fingerprint density at radius 3 is 2.40 bits per heavy atom. The lowest BCUT2D eigenvalue weighted by atomic mass is 10.00. The van der Waals surface area contributed by atoms with Crippen molar-refractivity contribution in [3.8, 4) is 0 Å². The van der Waals surface area contributed by atoms with Gasteiger partial charge in [0.1, 0.15) is 0 Å². The Balaban J connectivity index is 2.57. The lowest BCUT2D eigenvalue weighted by Gasteiger charge is -2.04. The first-order valence-electron chi connectivity index (χ1n) is 5.49. The highest BCUT2D eigenvalue weighted by Crippen LogP contribution is 2.27. The zero-order valence-electron chi connectivity index (χ0n) is 9.74. The molecule has 0 aliphatic rings. The van der Waals surface area contributed by atoms with E-state index in [4.69, 9.17) is 4.52 Å². The van der Waals surface area contributed by atoms with Crippen LogP contribution < -0.4 is 0 Å². The molecule has 0 aliphatic carbocycles. The number of nitrogens with zero attached hydrogens (tertiary/aromatic N) is 1. The number of fused-ring (bicyclic) bond motifs is 1. The molecule has 1 heterocycles. The molecule has 2 heteroatoms. The molecule has 1 aromatic heterocycles. The summed E-state index contributed by atoms with van der Waals surface area (Å²) in [5.74, 6) is 0.943. The second kappa shape index (κ2) is 3.69. The molecule has 0 N–H and O–H groups in total. The van der Waals surface area contributed by atoms with Crippen LogP contribution in [-0.4, -0.2) is 5.16 Å². The SMILES string of the molecule is CC(C)c1ccc2c(C(C)C)noc2c1. The molecular weight excluding hydrogens is 186 g/mol. The van der Waals surface area contributed by atoms with Gasteiger partial charge in [-0.05, 0) is 29.5 Å². The Labute approximate surface area is 90.3 Å². The van der Waals surface area contributed by atoms with E-state index in [0.717, 1.165) is 16.7 Å². The fraction of sp³-hybridized carbons (Fsp3) is 0.462. The van der Waals surface area contributed by atoms with Crippen molar-refractivity contribution in [1.82, 2.24) is 5.16 Å². The summed E-state index contributed by atoms with van der Waals surface area (Å²) in [5.41, 5.74) is 3.26. The minimum absolute atomic E-state index is 0.413. The first-order valence-corrected chi connectivity index (χ1v) is 5.49. The van der Waals surface area contributed by atoms with Gasteiger partial charge in [0.25, 0.3) is 0 Å². The van der Waals surface area contributed by atoms with Gasteiger partial charge in [0.15, 0.2) is 5.58 Å². The van der Waals surface area contributed by atoms with Crippen LogP contribution in [0.15, 0.2) is 22.7 Å². The Bertz CT molecular complexity index is 468. The minimum atomic E-state index is 0.413. The van der Waals surface area contributed by atoms with Crippen LogP contribution in [0.2, 0.25) is 0 Å². The fourth-order valence-electron chi connectivity index (χ4n) is 1.75. The number of rotatable bonds is 2. The molecule has 0 amide bonds. The first-order chi connectivity index (χ1) is 7.09. The van der Waals surface area contributed by atoms with E-state index in [9.17, 15) is 0 Å². The van der Waals surface area contributed by atoms with E-state index >= 15 is 0 Å². The number of hydrogen-bond donors (Lipinski definition) is 0. The zero-order chi connectivity index (χ0) is 11.0. The third kappa shape index (κ3) is 1.76. The van der Waals surface area contributed by atoms with Crippen LogP contribution >= 0.6 is 0 Å². The van der Waals surface area contributed by atoms with E-state index in [-0.39, 0.29) is 0 Å². The third-order valence-corrected chi connectivity index (χ3v) is 2.74. The molecule has 0 radical (unpaired) electrons. The monoisotopic (exact) mass is 203 g/mol. The van der Waals surface area contributed by atoms with Gasteiger partial charge < -0.3 is 4.52 Å². The summed E-state index contributed by atoms with van der Waals surface area (Å²) in [7, 11) is 0. The summed E-state index contributed by atoms with van der Waals surface area (Å²) >= 11 is 0. The quantitative estimate of drug-likeness (QED) is 0.735. The Hall–Kier alpha value is -1.31. The van der Waals surface area contributed by atoms with Crippen LogP contribution in [0.3, 0.4) is 0 Å². The molecule has 2 nitrogen and oxygen atoms in total. The summed E-state index contributed by atoms with van der Waals surface area (Å²) in [5, 5.41) is 5.27. The van der Waals surface area contributed by atoms with Crippen molar-refractivity contribution in [2.45, 2.75) is 39.5 Å². The maximum atomic E-state index is 5.35. The summed E-state index contributed by atoms with van der Waals surface area (Å²) in [6, 6.07) is 6.38. The predicted octanol–water partition coefficient (Wildman–Crippen LogP) is 4.07. The predicted molar refractivity (Wildman–Crippen MR) is 62.2 cm³/mol. The first kappa shape index (κ1) is 10.2. The highest BCUT2D eigenvalue weighted by atomic mass is 16.5. The van der Waals surface area contributed by atoms with E-state index in [0.29, 0.717) is 11.8 Å². The molecule has 0 saturated carbocycles. The lowest BCUT2D eigenvalue weighted by Crippen LogP contribution is -1.88. The summed E-state index contributed by atoms with van der Waals surface area (Å²) < 4.78 is 5.35. The van der Waals surface area contributed by atoms with Gasteiger partial charge in [-0.2, -0.15) is 0 Å². The van der Waals surface area contributed by atoms with E-state index in [1.807, 2.05) is 0 Å². The van der Waals surface area contributed by atoms with Crippen LogP contribution in [0.5, 0.6) is 0 Å². The molecule has 0 saturated heterocycles. The van der Waals surface area contributed by atoms with Gasteiger partial charge >= 0.3 is 0 Å². The van der Waals surface area contributed by atoms with E-state index in [1.54, 1.807) is 0 Å². The summed E-state index contributed by atoms with van der Waals surface area (Å²) in [6.45, 7) is 8.63. The van der Waals surface area contributed by atoms with Crippen LogP contribution in [0.4, 0.5) is 0 Å². The van der Waals surface area contributed by atoms with Crippen molar-refractivity contribution in [3.63, 3.8) is 0 Å². The Morgan fingerprint density at radius 2 is 1.80 bits per heavy atom. The van der Waals surface area contributed by atoms with Gasteiger partial charge in [-0.3, -0.25) is 0 Å². The molecule has 15 heavy (non-hydrogen) atoms. The molecule has 0 unspecified atom stereocenters. The lowest BCUT2D eigenvalue weighted by molar-refractivity contribution is 0.441. The van der Waals surface area contributed by atoms with Crippen molar-refractivity contribution in [2.75, 3.05) is 0 Å². The van der Waals surface area contributed by atoms with Crippen molar-refractivity contribution in [3.05, 3.63) is 29.5 Å². The van der Waals surface area contributed by atoms with E-state index < -0.39 is 0 Å². The van der Waals surface area contributed by atoms with E-state index in [1.165, 1.54) is 5.56 Å². The number of benzene rings is 1. The van der Waals surface area contributed by atoms with Crippen LogP contribution in [0, 0.1) is 0 Å². The molecular formula is C13H17NO. The standard InChI is InChI=1S/C13H17NO/c1-8(2)10-5-6-11-12(7-10)15-14-13(11)9(3)4/h5-9H,1-4H3. The molecule has 80 valence electrons. The van der Waals surface area contributed by atoms with Crippen molar-refractivity contribution in [2.24, 2.45) is 0 Å². The van der Waals surface area contributed by atoms with Crippen LogP contribution in [0.1, 0.15) is 50.8 Å².